The summed E-state index contributed by atoms with van der Waals surface area (Å²) in [4.78, 5) is 17.0. The Hall–Kier alpha value is -1.84. The van der Waals surface area contributed by atoms with Crippen LogP contribution in [0.1, 0.15) is 59.3 Å². The molecule has 0 unspecified atom stereocenters. The summed E-state index contributed by atoms with van der Waals surface area (Å²) >= 11 is 0. The molecule has 22 heavy (non-hydrogen) atoms. The van der Waals surface area contributed by atoms with E-state index in [0.29, 0.717) is 0 Å². The predicted octanol–water partition coefficient (Wildman–Crippen LogP) is 4.06. The largest absolute Gasteiger partial charge is 0.346 e. The second-order valence-corrected chi connectivity index (χ2v) is 6.91. The first-order valence-corrected chi connectivity index (χ1v) is 8.10. The highest BCUT2D eigenvalue weighted by Crippen LogP contribution is 2.23. The molecule has 2 rings (SSSR count). The van der Waals surface area contributed by atoms with Crippen molar-refractivity contribution in [3.63, 3.8) is 0 Å². The number of aromatic nitrogens is 2. The Labute approximate surface area is 132 Å². The summed E-state index contributed by atoms with van der Waals surface area (Å²) in [7, 11) is 0. The SMILES string of the molecule is CCCCn1c([C@@H](C)NC(=O)C(C)(C)C)nc2ccccc21. The van der Waals surface area contributed by atoms with Crippen molar-refractivity contribution in [2.75, 3.05) is 0 Å². The van der Waals surface area contributed by atoms with Gasteiger partial charge in [-0.25, -0.2) is 4.98 Å². The zero-order valence-corrected chi connectivity index (χ0v) is 14.3. The highest BCUT2D eigenvalue weighted by molar-refractivity contribution is 5.82. The molecule has 0 aliphatic carbocycles. The van der Waals surface area contributed by atoms with Gasteiger partial charge in [0.2, 0.25) is 5.91 Å². The number of nitrogens with zero attached hydrogens (tertiary/aromatic N) is 2. The van der Waals surface area contributed by atoms with Gasteiger partial charge in [0.15, 0.2) is 0 Å². The molecule has 2 aromatic rings. The number of amides is 1. The van der Waals surface area contributed by atoms with Crippen LogP contribution >= 0.6 is 0 Å². The lowest BCUT2D eigenvalue weighted by atomic mass is 9.95. The first kappa shape index (κ1) is 16.5. The van der Waals surface area contributed by atoms with Crippen LogP contribution in [-0.4, -0.2) is 15.5 Å². The first-order chi connectivity index (χ1) is 10.3. The van der Waals surface area contributed by atoms with Gasteiger partial charge in [-0.15, -0.1) is 0 Å². The number of nitrogens with one attached hydrogen (secondary N) is 1. The fraction of sp³-hybridized carbons (Fsp3) is 0.556. The molecule has 1 atom stereocenters. The number of para-hydroxylation sites is 2. The zero-order chi connectivity index (χ0) is 16.3. The van der Waals surface area contributed by atoms with E-state index in [0.717, 1.165) is 36.2 Å². The Morgan fingerprint density at radius 2 is 2.00 bits per heavy atom. The van der Waals surface area contributed by atoms with E-state index in [1.54, 1.807) is 0 Å². The second-order valence-electron chi connectivity index (χ2n) is 6.91. The molecule has 1 aromatic heterocycles. The quantitative estimate of drug-likeness (QED) is 0.905. The van der Waals surface area contributed by atoms with Crippen LogP contribution in [0.5, 0.6) is 0 Å². The summed E-state index contributed by atoms with van der Waals surface area (Å²) in [5.74, 6) is 0.987. The van der Waals surface area contributed by atoms with Crippen LogP contribution < -0.4 is 5.32 Å². The average Bonchev–Trinajstić information content (AvgIpc) is 2.82. The van der Waals surface area contributed by atoms with Crippen molar-refractivity contribution >= 4 is 16.9 Å². The number of unbranched alkanes of at least 4 members (excludes halogenated alkanes) is 1. The molecular weight excluding hydrogens is 274 g/mol. The van der Waals surface area contributed by atoms with Crippen LogP contribution in [-0.2, 0) is 11.3 Å². The van der Waals surface area contributed by atoms with Crippen LogP contribution in [0.3, 0.4) is 0 Å². The van der Waals surface area contributed by atoms with E-state index in [9.17, 15) is 4.79 Å². The van der Waals surface area contributed by atoms with E-state index in [4.69, 9.17) is 4.98 Å². The van der Waals surface area contributed by atoms with Gasteiger partial charge < -0.3 is 9.88 Å². The number of fused-ring (bicyclic) bond motifs is 1. The van der Waals surface area contributed by atoms with E-state index >= 15 is 0 Å². The lowest BCUT2D eigenvalue weighted by Crippen LogP contribution is -2.37. The van der Waals surface area contributed by atoms with Crippen molar-refractivity contribution in [3.05, 3.63) is 30.1 Å². The Kier molecular flexibility index (Phi) is 4.89. The van der Waals surface area contributed by atoms with Crippen LogP contribution in [0.4, 0.5) is 0 Å². The molecule has 0 aliphatic heterocycles. The van der Waals surface area contributed by atoms with E-state index in [2.05, 4.69) is 22.9 Å². The Bertz CT molecular complexity index is 652. The van der Waals surface area contributed by atoms with Gasteiger partial charge in [0.25, 0.3) is 0 Å². The van der Waals surface area contributed by atoms with Gasteiger partial charge in [0.1, 0.15) is 5.82 Å². The van der Waals surface area contributed by atoms with Crippen LogP contribution in [0.25, 0.3) is 11.0 Å². The Morgan fingerprint density at radius 1 is 1.32 bits per heavy atom. The molecule has 4 nitrogen and oxygen atoms in total. The van der Waals surface area contributed by atoms with Gasteiger partial charge in [-0.05, 0) is 25.5 Å². The fourth-order valence-corrected chi connectivity index (χ4v) is 2.45. The molecule has 0 spiro atoms. The molecule has 0 bridgehead atoms. The molecule has 1 heterocycles. The van der Waals surface area contributed by atoms with E-state index in [1.165, 1.54) is 0 Å². The molecule has 4 heteroatoms. The van der Waals surface area contributed by atoms with Crippen molar-refractivity contribution in [2.24, 2.45) is 5.41 Å². The summed E-state index contributed by atoms with van der Waals surface area (Å²) in [6, 6.07) is 8.06. The third-order valence-corrected chi connectivity index (χ3v) is 3.84. The van der Waals surface area contributed by atoms with E-state index in [-0.39, 0.29) is 11.9 Å². The highest BCUT2D eigenvalue weighted by atomic mass is 16.2. The smallest absolute Gasteiger partial charge is 0.225 e. The predicted molar refractivity (Wildman–Crippen MR) is 90.7 cm³/mol. The standard InChI is InChI=1S/C18H27N3O/c1-6-7-12-21-15-11-9-8-10-14(15)20-16(21)13(2)19-17(22)18(3,4)5/h8-11,13H,6-7,12H2,1-5H3,(H,19,22)/t13-/m1/s1. The summed E-state index contributed by atoms with van der Waals surface area (Å²) in [6.07, 6.45) is 2.24. The third-order valence-electron chi connectivity index (χ3n) is 3.84. The summed E-state index contributed by atoms with van der Waals surface area (Å²) in [6.45, 7) is 10.9. The summed E-state index contributed by atoms with van der Waals surface area (Å²) in [5, 5.41) is 3.09. The number of benzene rings is 1. The monoisotopic (exact) mass is 301 g/mol. The molecule has 1 aromatic carbocycles. The lowest BCUT2D eigenvalue weighted by Gasteiger charge is -2.22. The number of hydrogen-bond acceptors (Lipinski definition) is 2. The second kappa shape index (κ2) is 6.51. The van der Waals surface area contributed by atoms with Gasteiger partial charge in [-0.1, -0.05) is 46.2 Å². The van der Waals surface area contributed by atoms with Crippen LogP contribution in [0, 0.1) is 5.41 Å². The number of carbonyl (C=O) groups excluding carboxylic acids is 1. The molecule has 0 saturated carbocycles. The van der Waals surface area contributed by atoms with Gasteiger partial charge in [-0.3, -0.25) is 4.79 Å². The van der Waals surface area contributed by atoms with Crippen molar-refractivity contribution in [1.82, 2.24) is 14.9 Å². The van der Waals surface area contributed by atoms with Gasteiger partial charge in [0.05, 0.1) is 17.1 Å². The minimum Gasteiger partial charge on any atom is -0.346 e. The van der Waals surface area contributed by atoms with Crippen molar-refractivity contribution < 1.29 is 4.79 Å². The maximum Gasteiger partial charge on any atom is 0.225 e. The van der Waals surface area contributed by atoms with E-state index < -0.39 is 5.41 Å². The van der Waals surface area contributed by atoms with Gasteiger partial charge >= 0.3 is 0 Å². The summed E-state index contributed by atoms with van der Waals surface area (Å²) < 4.78 is 2.24. The van der Waals surface area contributed by atoms with E-state index in [1.807, 2.05) is 45.9 Å². The minimum absolute atomic E-state index is 0.0501. The number of aryl methyl sites for hydroxylation is 1. The lowest BCUT2D eigenvalue weighted by molar-refractivity contribution is -0.129. The Morgan fingerprint density at radius 3 is 2.64 bits per heavy atom. The maximum absolute atomic E-state index is 12.2. The number of imidazole rings is 1. The molecule has 0 radical (unpaired) electrons. The number of rotatable bonds is 5. The van der Waals surface area contributed by atoms with Crippen molar-refractivity contribution in [1.29, 1.82) is 0 Å². The molecular formula is C18H27N3O. The third kappa shape index (κ3) is 3.49. The Balaban J connectivity index is 2.34. The molecule has 0 fully saturated rings. The zero-order valence-electron chi connectivity index (χ0n) is 14.3. The first-order valence-electron chi connectivity index (χ1n) is 8.10. The van der Waals surface area contributed by atoms with Crippen molar-refractivity contribution in [2.45, 2.75) is 60.0 Å². The van der Waals surface area contributed by atoms with Crippen LogP contribution in [0.15, 0.2) is 24.3 Å². The molecule has 120 valence electrons. The number of hydrogen-bond donors (Lipinski definition) is 1. The normalized spacial score (nSPS) is 13.3. The van der Waals surface area contributed by atoms with Crippen molar-refractivity contribution in [3.8, 4) is 0 Å². The molecule has 1 N–H and O–H groups in total. The highest BCUT2D eigenvalue weighted by Gasteiger charge is 2.25. The average molecular weight is 301 g/mol. The van der Waals surface area contributed by atoms with Gasteiger partial charge in [0, 0.05) is 12.0 Å². The molecule has 0 aliphatic rings. The maximum atomic E-state index is 12.2. The molecule has 0 saturated heterocycles. The topological polar surface area (TPSA) is 46.9 Å². The van der Waals surface area contributed by atoms with Gasteiger partial charge in [-0.2, -0.15) is 0 Å². The van der Waals surface area contributed by atoms with Crippen LogP contribution in [0.2, 0.25) is 0 Å². The fourth-order valence-electron chi connectivity index (χ4n) is 2.45. The minimum atomic E-state index is -0.394. The number of carbonyl (C=O) groups is 1. The summed E-state index contributed by atoms with van der Waals surface area (Å²) in [5.41, 5.74) is 1.74. The molecule has 1 amide bonds.